The lowest BCUT2D eigenvalue weighted by atomic mass is 10.1. The van der Waals surface area contributed by atoms with E-state index < -0.39 is 24.3 Å². The van der Waals surface area contributed by atoms with Crippen molar-refractivity contribution >= 4 is 23.7 Å². The number of carbonyl (C=O) groups excluding carboxylic acids is 2. The van der Waals surface area contributed by atoms with Gasteiger partial charge in [-0.2, -0.15) is 0 Å². The number of rotatable bonds is 6. The number of benzene rings is 1. The maximum absolute atomic E-state index is 12.5. The molecule has 0 radical (unpaired) electrons. The van der Waals surface area contributed by atoms with Gasteiger partial charge in [0.2, 0.25) is 5.95 Å². The predicted molar refractivity (Wildman–Crippen MR) is 118 cm³/mol. The van der Waals surface area contributed by atoms with Gasteiger partial charge in [-0.1, -0.05) is 12.1 Å². The van der Waals surface area contributed by atoms with E-state index in [0.717, 1.165) is 0 Å². The van der Waals surface area contributed by atoms with Crippen LogP contribution in [-0.2, 0) is 18.9 Å². The third kappa shape index (κ3) is 4.43. The van der Waals surface area contributed by atoms with Crippen molar-refractivity contribution in [1.29, 1.82) is 0 Å². The summed E-state index contributed by atoms with van der Waals surface area (Å²) in [6.07, 6.45) is 1.08. The molecule has 1 aromatic carbocycles. The zero-order valence-electron chi connectivity index (χ0n) is 18.2. The number of esters is 1. The van der Waals surface area contributed by atoms with Gasteiger partial charge >= 0.3 is 12.1 Å². The number of para-hydroxylation sites is 1. The first-order valence-electron chi connectivity index (χ1n) is 10.6. The number of nitrogens with one attached hydrogen (secondary N) is 2. The van der Waals surface area contributed by atoms with E-state index in [4.69, 9.17) is 23.4 Å². The number of anilines is 2. The summed E-state index contributed by atoms with van der Waals surface area (Å²) in [5.41, 5.74) is 1.16. The Labute approximate surface area is 194 Å². The van der Waals surface area contributed by atoms with Crippen LogP contribution in [0.4, 0.5) is 16.4 Å². The molecule has 2 aliphatic heterocycles. The minimum atomic E-state index is -0.722. The summed E-state index contributed by atoms with van der Waals surface area (Å²) in [5, 5.41) is 5.82. The van der Waals surface area contributed by atoms with Crippen LogP contribution in [0.2, 0.25) is 0 Å². The van der Waals surface area contributed by atoms with Crippen molar-refractivity contribution in [2.75, 3.05) is 31.0 Å². The zero-order valence-corrected chi connectivity index (χ0v) is 18.2. The van der Waals surface area contributed by atoms with Gasteiger partial charge in [-0.3, -0.25) is 5.32 Å². The van der Waals surface area contributed by atoms with Crippen LogP contribution in [0.1, 0.15) is 10.4 Å². The molecule has 2 fully saturated rings. The van der Waals surface area contributed by atoms with Crippen LogP contribution in [0.3, 0.4) is 0 Å². The second kappa shape index (κ2) is 9.49. The molecule has 5 rings (SSSR count). The van der Waals surface area contributed by atoms with Gasteiger partial charge in [0.1, 0.15) is 17.9 Å². The number of furan rings is 1. The van der Waals surface area contributed by atoms with E-state index in [0.29, 0.717) is 24.0 Å². The van der Waals surface area contributed by atoms with Crippen LogP contribution in [0.5, 0.6) is 0 Å². The summed E-state index contributed by atoms with van der Waals surface area (Å²) in [5.74, 6) is 0.483. The standard InChI is InChI=1S/C23H22N4O7/c1-30-21(28)13-5-2-3-6-14(13)27-23(29)34-18-12-33-19-16(11-32-20(18)19)26-22-24-9-8-15(25-22)17-7-4-10-31-17/h2-10,16,18-20H,11-12H2,1H3,(H,27,29)(H,24,25,26)/t16-,18+,19+,20+/m0/s1. The molecule has 1 amide bonds. The summed E-state index contributed by atoms with van der Waals surface area (Å²) < 4.78 is 27.4. The first-order chi connectivity index (χ1) is 16.6. The van der Waals surface area contributed by atoms with Gasteiger partial charge in [0.25, 0.3) is 0 Å². The number of nitrogens with zero attached hydrogens (tertiary/aromatic N) is 2. The minimum Gasteiger partial charge on any atom is -0.465 e. The maximum Gasteiger partial charge on any atom is 0.412 e. The summed E-state index contributed by atoms with van der Waals surface area (Å²) >= 11 is 0. The van der Waals surface area contributed by atoms with Crippen LogP contribution in [0.25, 0.3) is 11.5 Å². The van der Waals surface area contributed by atoms with E-state index in [1.54, 1.807) is 48.9 Å². The van der Waals surface area contributed by atoms with Crippen LogP contribution >= 0.6 is 0 Å². The number of ether oxygens (including phenoxy) is 4. The van der Waals surface area contributed by atoms with E-state index in [1.165, 1.54) is 7.11 Å². The van der Waals surface area contributed by atoms with Gasteiger partial charge in [0.15, 0.2) is 11.9 Å². The number of hydrogen-bond acceptors (Lipinski definition) is 10. The van der Waals surface area contributed by atoms with Gasteiger partial charge in [-0.25, -0.2) is 19.6 Å². The van der Waals surface area contributed by atoms with Crippen molar-refractivity contribution in [3.05, 3.63) is 60.5 Å². The Morgan fingerprint density at radius 3 is 2.74 bits per heavy atom. The molecule has 2 saturated heterocycles. The Bertz CT molecular complexity index is 1170. The van der Waals surface area contributed by atoms with Crippen LogP contribution in [0, 0.1) is 0 Å². The molecule has 0 unspecified atom stereocenters. The molecule has 3 aromatic rings. The quantitative estimate of drug-likeness (QED) is 0.522. The average Bonchev–Trinajstić information content (AvgIpc) is 3.60. The Hall–Kier alpha value is -3.96. The number of methoxy groups -OCH3 is 1. The SMILES string of the molecule is COC(=O)c1ccccc1NC(=O)O[C@@H]1CO[C@H]2[C@@H]1OC[C@@H]2Nc1nccc(-c2ccco2)n1. The zero-order chi connectivity index (χ0) is 23.5. The molecule has 4 atom stereocenters. The summed E-state index contributed by atoms with van der Waals surface area (Å²) in [6, 6.07) is 11.6. The van der Waals surface area contributed by atoms with E-state index in [-0.39, 0.29) is 30.0 Å². The highest BCUT2D eigenvalue weighted by Gasteiger charge is 2.49. The first-order valence-corrected chi connectivity index (χ1v) is 10.6. The van der Waals surface area contributed by atoms with Gasteiger partial charge < -0.3 is 28.7 Å². The highest BCUT2D eigenvalue weighted by molar-refractivity contribution is 5.99. The molecule has 176 valence electrons. The predicted octanol–water partition coefficient (Wildman–Crippen LogP) is 2.72. The molecule has 4 heterocycles. The van der Waals surface area contributed by atoms with Crippen LogP contribution in [0.15, 0.2) is 59.3 Å². The van der Waals surface area contributed by atoms with E-state index >= 15 is 0 Å². The normalized spacial score (nSPS) is 23.2. The van der Waals surface area contributed by atoms with E-state index in [9.17, 15) is 9.59 Å². The van der Waals surface area contributed by atoms with E-state index in [2.05, 4.69) is 20.6 Å². The van der Waals surface area contributed by atoms with E-state index in [1.807, 2.05) is 6.07 Å². The Morgan fingerprint density at radius 1 is 1.06 bits per heavy atom. The molecule has 0 bridgehead atoms. The fraction of sp³-hybridized carbons (Fsp3) is 0.304. The third-order valence-electron chi connectivity index (χ3n) is 5.58. The van der Waals surface area contributed by atoms with Crippen molar-refractivity contribution in [2.45, 2.75) is 24.4 Å². The Balaban J connectivity index is 1.20. The molecule has 2 N–H and O–H groups in total. The van der Waals surface area contributed by atoms with Crippen molar-refractivity contribution in [3.8, 4) is 11.5 Å². The fourth-order valence-corrected chi connectivity index (χ4v) is 4.00. The van der Waals surface area contributed by atoms with Gasteiger partial charge in [-0.15, -0.1) is 0 Å². The topological polar surface area (TPSA) is 134 Å². The summed E-state index contributed by atoms with van der Waals surface area (Å²) in [4.78, 5) is 33.1. The van der Waals surface area contributed by atoms with Crippen LogP contribution < -0.4 is 10.6 Å². The lowest BCUT2D eigenvalue weighted by Crippen LogP contribution is -2.38. The number of fused-ring (bicyclic) bond motifs is 1. The third-order valence-corrected chi connectivity index (χ3v) is 5.58. The average molecular weight is 466 g/mol. The number of aromatic nitrogens is 2. The fourth-order valence-electron chi connectivity index (χ4n) is 4.00. The second-order valence-corrected chi connectivity index (χ2v) is 7.70. The summed E-state index contributed by atoms with van der Waals surface area (Å²) in [7, 11) is 1.27. The number of amides is 1. The smallest absolute Gasteiger partial charge is 0.412 e. The molecule has 0 aliphatic carbocycles. The molecule has 0 spiro atoms. The lowest BCUT2D eigenvalue weighted by molar-refractivity contribution is 0.00916. The minimum absolute atomic E-state index is 0.173. The molecule has 0 saturated carbocycles. The van der Waals surface area contributed by atoms with Crippen LogP contribution in [-0.4, -0.2) is 66.7 Å². The highest BCUT2D eigenvalue weighted by atomic mass is 16.6. The molecule has 11 heteroatoms. The van der Waals surface area contributed by atoms with Gasteiger partial charge in [-0.05, 0) is 30.3 Å². The lowest BCUT2D eigenvalue weighted by Gasteiger charge is -2.18. The second-order valence-electron chi connectivity index (χ2n) is 7.70. The molecule has 34 heavy (non-hydrogen) atoms. The maximum atomic E-state index is 12.5. The molecular weight excluding hydrogens is 444 g/mol. The van der Waals surface area contributed by atoms with Gasteiger partial charge in [0, 0.05) is 6.20 Å². The molecular formula is C23H22N4O7. The number of hydrogen-bond donors (Lipinski definition) is 2. The van der Waals surface area contributed by atoms with Crippen molar-refractivity contribution in [2.24, 2.45) is 0 Å². The van der Waals surface area contributed by atoms with Crippen molar-refractivity contribution < 1.29 is 33.0 Å². The van der Waals surface area contributed by atoms with Crippen molar-refractivity contribution in [1.82, 2.24) is 9.97 Å². The first kappa shape index (κ1) is 21.9. The molecule has 11 nitrogen and oxygen atoms in total. The number of carbonyl (C=O) groups is 2. The Morgan fingerprint density at radius 2 is 1.91 bits per heavy atom. The molecule has 2 aromatic heterocycles. The van der Waals surface area contributed by atoms with Crippen molar-refractivity contribution in [3.63, 3.8) is 0 Å². The highest BCUT2D eigenvalue weighted by Crippen LogP contribution is 2.31. The van der Waals surface area contributed by atoms with Gasteiger partial charge in [0.05, 0.1) is 43.9 Å². The monoisotopic (exact) mass is 466 g/mol. The Kier molecular flexibility index (Phi) is 6.11. The molecule has 2 aliphatic rings. The largest absolute Gasteiger partial charge is 0.465 e. The summed E-state index contributed by atoms with van der Waals surface area (Å²) in [6.45, 7) is 0.503.